The van der Waals surface area contributed by atoms with Crippen LogP contribution in [0.15, 0.2) is 29.1 Å². The number of nitrogens with two attached hydrogens (primary N) is 1. The summed E-state index contributed by atoms with van der Waals surface area (Å²) < 4.78 is 11.1. The molecule has 6 nitrogen and oxygen atoms in total. The van der Waals surface area contributed by atoms with Crippen LogP contribution in [0.2, 0.25) is 0 Å². The molecule has 128 valence electrons. The van der Waals surface area contributed by atoms with E-state index in [0.717, 1.165) is 25.1 Å². The van der Waals surface area contributed by atoms with Gasteiger partial charge in [-0.3, -0.25) is 4.79 Å². The molecule has 1 saturated heterocycles. The predicted molar refractivity (Wildman–Crippen MR) is 92.6 cm³/mol. The van der Waals surface area contributed by atoms with Crippen LogP contribution < -0.4 is 15.2 Å². The molecule has 0 saturated carbocycles. The lowest BCUT2D eigenvalue weighted by atomic mass is 10.1. The van der Waals surface area contributed by atoms with Crippen molar-refractivity contribution in [1.29, 1.82) is 0 Å². The molecule has 0 bridgehead atoms. The Bertz CT molecular complexity index is 690. The van der Waals surface area contributed by atoms with Crippen molar-refractivity contribution in [2.24, 2.45) is 5.73 Å². The second kappa shape index (κ2) is 7.63. The number of carbonyl (C=O) groups excluding carboxylic acids is 1. The number of thiazole rings is 1. The van der Waals surface area contributed by atoms with E-state index in [0.29, 0.717) is 30.2 Å². The average molecular weight is 347 g/mol. The molecule has 7 heteroatoms. The van der Waals surface area contributed by atoms with Crippen molar-refractivity contribution in [3.05, 3.63) is 40.3 Å². The number of aromatic nitrogens is 1. The molecule has 1 amide bonds. The summed E-state index contributed by atoms with van der Waals surface area (Å²) in [7, 11) is 1.57. The zero-order valence-electron chi connectivity index (χ0n) is 13.6. The number of amides is 1. The van der Waals surface area contributed by atoms with Crippen LogP contribution in [0.1, 0.15) is 28.9 Å². The van der Waals surface area contributed by atoms with E-state index < -0.39 is 0 Å². The van der Waals surface area contributed by atoms with Gasteiger partial charge in [-0.15, -0.1) is 11.3 Å². The highest BCUT2D eigenvalue weighted by atomic mass is 32.1. The van der Waals surface area contributed by atoms with Crippen molar-refractivity contribution in [3.63, 3.8) is 0 Å². The number of piperidine rings is 1. The maximum absolute atomic E-state index is 12.6. The summed E-state index contributed by atoms with van der Waals surface area (Å²) >= 11 is 1.52. The molecule has 1 unspecified atom stereocenters. The number of hydrogen-bond acceptors (Lipinski definition) is 6. The summed E-state index contributed by atoms with van der Waals surface area (Å²) in [6.07, 6.45) is 1.91. The number of nitrogens with zero attached hydrogens (tertiary/aromatic N) is 2. The number of methoxy groups -OCH3 is 1. The van der Waals surface area contributed by atoms with Crippen LogP contribution in [0.5, 0.6) is 11.5 Å². The fourth-order valence-electron chi connectivity index (χ4n) is 2.76. The van der Waals surface area contributed by atoms with Gasteiger partial charge in [0.15, 0.2) is 11.5 Å². The Hall–Kier alpha value is -2.12. The smallest absolute Gasteiger partial charge is 0.254 e. The van der Waals surface area contributed by atoms with Gasteiger partial charge in [-0.2, -0.15) is 0 Å². The van der Waals surface area contributed by atoms with Crippen molar-refractivity contribution in [2.45, 2.75) is 25.5 Å². The number of carbonyl (C=O) groups is 1. The molecule has 2 N–H and O–H groups in total. The molecule has 24 heavy (non-hydrogen) atoms. The molecule has 0 aliphatic carbocycles. The normalized spacial score (nSPS) is 17.6. The van der Waals surface area contributed by atoms with Crippen molar-refractivity contribution < 1.29 is 14.3 Å². The minimum Gasteiger partial charge on any atom is -0.493 e. The summed E-state index contributed by atoms with van der Waals surface area (Å²) in [5.74, 6) is 1.12. The molecular weight excluding hydrogens is 326 g/mol. The van der Waals surface area contributed by atoms with Crippen molar-refractivity contribution in [1.82, 2.24) is 9.88 Å². The highest BCUT2D eigenvalue weighted by Crippen LogP contribution is 2.29. The summed E-state index contributed by atoms with van der Waals surface area (Å²) in [5.41, 5.74) is 9.18. The van der Waals surface area contributed by atoms with Crippen LogP contribution in [0.25, 0.3) is 0 Å². The first-order valence-electron chi connectivity index (χ1n) is 7.90. The van der Waals surface area contributed by atoms with Crippen LogP contribution in [-0.4, -0.2) is 42.0 Å². The van der Waals surface area contributed by atoms with E-state index in [1.807, 2.05) is 5.38 Å². The average Bonchev–Trinajstić information content (AvgIpc) is 3.12. The van der Waals surface area contributed by atoms with E-state index in [4.69, 9.17) is 15.2 Å². The second-order valence-electron chi connectivity index (χ2n) is 5.79. The number of hydrogen-bond donors (Lipinski definition) is 1. The first-order chi connectivity index (χ1) is 11.7. The molecule has 0 radical (unpaired) electrons. The maximum atomic E-state index is 12.6. The minimum atomic E-state index is -0.0190. The van der Waals surface area contributed by atoms with E-state index in [1.54, 1.807) is 35.7 Å². The van der Waals surface area contributed by atoms with Crippen LogP contribution in [-0.2, 0) is 6.61 Å². The number of rotatable bonds is 5. The Morgan fingerprint density at radius 1 is 1.46 bits per heavy atom. The lowest BCUT2D eigenvalue weighted by Crippen LogP contribution is -2.45. The third-order valence-corrected chi connectivity index (χ3v) is 4.65. The molecule has 1 aliphatic rings. The molecule has 2 heterocycles. The zero-order valence-corrected chi connectivity index (χ0v) is 14.4. The van der Waals surface area contributed by atoms with Crippen molar-refractivity contribution in [3.8, 4) is 11.5 Å². The summed E-state index contributed by atoms with van der Waals surface area (Å²) in [6, 6.07) is 5.31. The molecule has 1 atom stereocenters. The Balaban J connectivity index is 1.72. The van der Waals surface area contributed by atoms with Gasteiger partial charge in [-0.1, -0.05) is 0 Å². The summed E-state index contributed by atoms with van der Waals surface area (Å²) in [5, 5.41) is 1.93. The van der Waals surface area contributed by atoms with E-state index >= 15 is 0 Å². The van der Waals surface area contributed by atoms with E-state index in [2.05, 4.69) is 4.98 Å². The van der Waals surface area contributed by atoms with Crippen LogP contribution in [0.3, 0.4) is 0 Å². The molecule has 2 aromatic rings. The van der Waals surface area contributed by atoms with Gasteiger partial charge >= 0.3 is 0 Å². The maximum Gasteiger partial charge on any atom is 0.254 e. The SMILES string of the molecule is COc1cc(C(=O)N2CCCC(N)C2)ccc1OCc1cscn1. The predicted octanol–water partition coefficient (Wildman–Crippen LogP) is 2.29. The van der Waals surface area contributed by atoms with E-state index in [1.165, 1.54) is 11.3 Å². The highest BCUT2D eigenvalue weighted by molar-refractivity contribution is 7.07. The van der Waals surface area contributed by atoms with Gasteiger partial charge in [0.1, 0.15) is 6.61 Å². The molecular formula is C17H21N3O3S. The van der Waals surface area contributed by atoms with Gasteiger partial charge < -0.3 is 20.1 Å². The lowest BCUT2D eigenvalue weighted by molar-refractivity contribution is 0.0708. The minimum absolute atomic E-state index is 0.0190. The summed E-state index contributed by atoms with van der Waals surface area (Å²) in [6.45, 7) is 1.72. The Morgan fingerprint density at radius 2 is 2.33 bits per heavy atom. The van der Waals surface area contributed by atoms with Gasteiger partial charge in [0, 0.05) is 30.1 Å². The van der Waals surface area contributed by atoms with Crippen LogP contribution in [0, 0.1) is 0 Å². The molecule has 1 fully saturated rings. The fraction of sp³-hybridized carbons (Fsp3) is 0.412. The van der Waals surface area contributed by atoms with Crippen LogP contribution >= 0.6 is 11.3 Å². The first kappa shape index (κ1) is 16.7. The standard InChI is InChI=1S/C17H21N3O3S/c1-22-16-7-12(17(21)20-6-2-3-13(18)8-20)4-5-15(16)23-9-14-10-24-11-19-14/h4-5,7,10-11,13H,2-3,6,8-9,18H2,1H3. The topological polar surface area (TPSA) is 77.7 Å². The third kappa shape index (κ3) is 3.85. The first-order valence-corrected chi connectivity index (χ1v) is 8.84. The zero-order chi connectivity index (χ0) is 16.9. The molecule has 0 spiro atoms. The van der Waals surface area contributed by atoms with E-state index in [9.17, 15) is 4.79 Å². The van der Waals surface area contributed by atoms with Gasteiger partial charge in [0.2, 0.25) is 0 Å². The lowest BCUT2D eigenvalue weighted by Gasteiger charge is -2.31. The molecule has 1 aliphatic heterocycles. The monoisotopic (exact) mass is 347 g/mol. The number of ether oxygens (including phenoxy) is 2. The van der Waals surface area contributed by atoms with Gasteiger partial charge in [-0.25, -0.2) is 4.98 Å². The third-order valence-electron chi connectivity index (χ3n) is 4.01. The van der Waals surface area contributed by atoms with Gasteiger partial charge in [-0.05, 0) is 31.0 Å². The van der Waals surface area contributed by atoms with Crippen molar-refractivity contribution >= 4 is 17.2 Å². The second-order valence-corrected chi connectivity index (χ2v) is 6.51. The Kier molecular flexibility index (Phi) is 5.32. The summed E-state index contributed by atoms with van der Waals surface area (Å²) in [4.78, 5) is 18.6. The largest absolute Gasteiger partial charge is 0.493 e. The molecule has 3 rings (SSSR count). The molecule has 1 aromatic carbocycles. The van der Waals surface area contributed by atoms with Gasteiger partial charge in [0.05, 0.1) is 18.3 Å². The Labute approximate surface area is 145 Å². The van der Waals surface area contributed by atoms with Crippen molar-refractivity contribution in [2.75, 3.05) is 20.2 Å². The number of likely N-dealkylation sites (tertiary alicyclic amines) is 1. The fourth-order valence-corrected chi connectivity index (χ4v) is 3.30. The van der Waals surface area contributed by atoms with E-state index in [-0.39, 0.29) is 11.9 Å². The quantitative estimate of drug-likeness (QED) is 0.898. The Morgan fingerprint density at radius 3 is 3.04 bits per heavy atom. The number of benzene rings is 1. The van der Waals surface area contributed by atoms with Crippen LogP contribution in [0.4, 0.5) is 0 Å². The van der Waals surface area contributed by atoms with Gasteiger partial charge in [0.25, 0.3) is 5.91 Å². The highest BCUT2D eigenvalue weighted by Gasteiger charge is 2.23. The molecule has 1 aromatic heterocycles.